The van der Waals surface area contributed by atoms with Crippen molar-refractivity contribution in [1.82, 2.24) is 24.9 Å². The predicted molar refractivity (Wildman–Crippen MR) is 68.7 cm³/mol. The van der Waals surface area contributed by atoms with Gasteiger partial charge in [-0.25, -0.2) is 9.50 Å². The van der Waals surface area contributed by atoms with E-state index in [0.717, 1.165) is 11.4 Å². The maximum absolute atomic E-state index is 11.6. The summed E-state index contributed by atoms with van der Waals surface area (Å²) in [5.41, 5.74) is 1.80. The number of rotatable bonds is 5. The quantitative estimate of drug-likeness (QED) is 0.728. The van der Waals surface area contributed by atoms with Crippen LogP contribution in [0, 0.1) is 13.8 Å². The molecule has 7 nitrogen and oxygen atoms in total. The molecule has 0 bridgehead atoms. The third kappa shape index (κ3) is 3.25. The average molecular weight is 263 g/mol. The molecule has 2 rings (SSSR count). The van der Waals surface area contributed by atoms with Crippen molar-refractivity contribution in [3.8, 4) is 0 Å². The van der Waals surface area contributed by atoms with E-state index in [9.17, 15) is 4.79 Å². The number of aromatic nitrogens is 4. The molecule has 0 radical (unpaired) electrons. The summed E-state index contributed by atoms with van der Waals surface area (Å²) in [5, 5.41) is 15.6. The number of nitrogens with zero attached hydrogens (tertiary/aromatic N) is 4. The zero-order valence-corrected chi connectivity index (χ0v) is 11.1. The van der Waals surface area contributed by atoms with Crippen molar-refractivity contribution in [2.45, 2.75) is 26.7 Å². The Balaban J connectivity index is 2.09. The molecule has 0 saturated heterocycles. The number of nitrogens with one attached hydrogen (secondary N) is 1. The van der Waals surface area contributed by atoms with Crippen molar-refractivity contribution < 1.29 is 9.90 Å². The fourth-order valence-electron chi connectivity index (χ4n) is 1.80. The largest absolute Gasteiger partial charge is 0.396 e. The highest BCUT2D eigenvalue weighted by Gasteiger charge is 2.11. The van der Waals surface area contributed by atoms with Gasteiger partial charge in [-0.15, -0.1) is 5.10 Å². The molecule has 7 heteroatoms. The van der Waals surface area contributed by atoms with E-state index in [0.29, 0.717) is 24.6 Å². The summed E-state index contributed by atoms with van der Waals surface area (Å²) in [6.45, 7) is 4.33. The lowest BCUT2D eigenvalue weighted by Crippen LogP contribution is -2.27. The van der Waals surface area contributed by atoms with Gasteiger partial charge in [0.05, 0.1) is 6.42 Å². The molecule has 0 atom stereocenters. The standard InChI is InChI=1S/C12H17N5O2/c1-8-6-9(2)17-12(14-8)15-10(16-17)7-11(19)13-4-3-5-18/h6,18H,3-5,7H2,1-2H3,(H,13,19). The lowest BCUT2D eigenvalue weighted by atomic mass is 10.3. The lowest BCUT2D eigenvalue weighted by molar-refractivity contribution is -0.120. The van der Waals surface area contributed by atoms with Crippen LogP contribution in [-0.2, 0) is 11.2 Å². The third-order valence-corrected chi connectivity index (χ3v) is 2.64. The molecule has 0 saturated carbocycles. The Labute approximate surface area is 110 Å². The van der Waals surface area contributed by atoms with Gasteiger partial charge in [0.1, 0.15) is 0 Å². The van der Waals surface area contributed by atoms with Crippen LogP contribution in [0.1, 0.15) is 23.6 Å². The van der Waals surface area contributed by atoms with Crippen LogP contribution in [0.25, 0.3) is 5.78 Å². The van der Waals surface area contributed by atoms with Gasteiger partial charge in [-0.3, -0.25) is 4.79 Å². The Hall–Kier alpha value is -2.02. The Morgan fingerprint density at radius 1 is 1.42 bits per heavy atom. The topological polar surface area (TPSA) is 92.4 Å². The lowest BCUT2D eigenvalue weighted by Gasteiger charge is -2.00. The highest BCUT2D eigenvalue weighted by molar-refractivity contribution is 5.77. The predicted octanol–water partition coefficient (Wildman–Crippen LogP) is -0.218. The summed E-state index contributed by atoms with van der Waals surface area (Å²) in [5.74, 6) is 0.803. The zero-order chi connectivity index (χ0) is 13.8. The molecule has 0 unspecified atom stereocenters. The van der Waals surface area contributed by atoms with Crippen LogP contribution in [0.4, 0.5) is 0 Å². The third-order valence-electron chi connectivity index (χ3n) is 2.64. The summed E-state index contributed by atoms with van der Waals surface area (Å²) in [7, 11) is 0. The second-order valence-corrected chi connectivity index (χ2v) is 4.38. The number of carbonyl (C=O) groups is 1. The first kappa shape index (κ1) is 13.4. The van der Waals surface area contributed by atoms with Gasteiger partial charge in [0.2, 0.25) is 5.91 Å². The van der Waals surface area contributed by atoms with Crippen LogP contribution in [0.3, 0.4) is 0 Å². The SMILES string of the molecule is Cc1cc(C)n2nc(CC(=O)NCCCO)nc2n1. The Kier molecular flexibility index (Phi) is 4.06. The summed E-state index contributed by atoms with van der Waals surface area (Å²) >= 11 is 0. The Bertz CT molecular complexity index is 593. The molecule has 0 spiro atoms. The van der Waals surface area contributed by atoms with Crippen LogP contribution in [-0.4, -0.2) is 43.7 Å². The van der Waals surface area contributed by atoms with Gasteiger partial charge >= 0.3 is 0 Å². The first-order chi connectivity index (χ1) is 9.10. The smallest absolute Gasteiger partial charge is 0.252 e. The second-order valence-electron chi connectivity index (χ2n) is 4.38. The normalized spacial score (nSPS) is 10.9. The molecule has 0 fully saturated rings. The van der Waals surface area contributed by atoms with Crippen LogP contribution in [0.2, 0.25) is 0 Å². The fourth-order valence-corrected chi connectivity index (χ4v) is 1.80. The first-order valence-corrected chi connectivity index (χ1v) is 6.17. The van der Waals surface area contributed by atoms with Crippen molar-refractivity contribution in [3.63, 3.8) is 0 Å². The van der Waals surface area contributed by atoms with Crippen LogP contribution >= 0.6 is 0 Å². The molecule has 1 amide bonds. The van der Waals surface area contributed by atoms with E-state index in [4.69, 9.17) is 5.11 Å². The van der Waals surface area contributed by atoms with Gasteiger partial charge < -0.3 is 10.4 Å². The van der Waals surface area contributed by atoms with Gasteiger partial charge in [0, 0.05) is 24.5 Å². The Morgan fingerprint density at radius 3 is 2.95 bits per heavy atom. The average Bonchev–Trinajstić information content (AvgIpc) is 2.72. The maximum atomic E-state index is 11.6. The summed E-state index contributed by atoms with van der Waals surface area (Å²) in [6, 6.07) is 1.91. The van der Waals surface area contributed by atoms with Crippen molar-refractivity contribution >= 4 is 11.7 Å². The van der Waals surface area contributed by atoms with E-state index in [1.807, 2.05) is 19.9 Å². The summed E-state index contributed by atoms with van der Waals surface area (Å²) < 4.78 is 1.63. The number of aryl methyl sites for hydroxylation is 2. The molecule has 0 aliphatic rings. The van der Waals surface area contributed by atoms with Crippen molar-refractivity contribution in [2.24, 2.45) is 0 Å². The van der Waals surface area contributed by atoms with Crippen LogP contribution in [0.15, 0.2) is 6.07 Å². The monoisotopic (exact) mass is 263 g/mol. The number of aliphatic hydroxyl groups is 1. The van der Waals surface area contributed by atoms with Crippen LogP contribution in [0.5, 0.6) is 0 Å². The van der Waals surface area contributed by atoms with Gasteiger partial charge in [-0.1, -0.05) is 0 Å². The van der Waals surface area contributed by atoms with E-state index in [1.54, 1.807) is 4.52 Å². The molecule has 0 aliphatic heterocycles. The van der Waals surface area contributed by atoms with E-state index >= 15 is 0 Å². The summed E-state index contributed by atoms with van der Waals surface area (Å²) in [4.78, 5) is 20.1. The van der Waals surface area contributed by atoms with E-state index in [-0.39, 0.29) is 18.9 Å². The number of carbonyl (C=O) groups excluding carboxylic acids is 1. The molecule has 102 valence electrons. The molecular weight excluding hydrogens is 246 g/mol. The molecule has 2 heterocycles. The highest BCUT2D eigenvalue weighted by Crippen LogP contribution is 2.05. The van der Waals surface area contributed by atoms with Gasteiger partial charge in [0.25, 0.3) is 5.78 Å². The zero-order valence-electron chi connectivity index (χ0n) is 11.1. The minimum atomic E-state index is -0.154. The fraction of sp³-hybridized carbons (Fsp3) is 0.500. The molecule has 0 aromatic carbocycles. The Morgan fingerprint density at radius 2 is 2.21 bits per heavy atom. The van der Waals surface area contributed by atoms with Crippen molar-refractivity contribution in [2.75, 3.05) is 13.2 Å². The first-order valence-electron chi connectivity index (χ1n) is 6.17. The summed E-state index contributed by atoms with van der Waals surface area (Å²) in [6.07, 6.45) is 0.664. The molecule has 2 aromatic heterocycles. The van der Waals surface area contributed by atoms with E-state index in [1.165, 1.54) is 0 Å². The molecule has 0 aliphatic carbocycles. The minimum Gasteiger partial charge on any atom is -0.396 e. The van der Waals surface area contributed by atoms with Crippen molar-refractivity contribution in [3.05, 3.63) is 23.3 Å². The van der Waals surface area contributed by atoms with E-state index in [2.05, 4.69) is 20.4 Å². The van der Waals surface area contributed by atoms with Gasteiger partial charge in [-0.2, -0.15) is 4.98 Å². The number of amides is 1. The van der Waals surface area contributed by atoms with Crippen LogP contribution < -0.4 is 5.32 Å². The number of hydrogen-bond acceptors (Lipinski definition) is 5. The molecule has 2 aromatic rings. The number of aliphatic hydroxyl groups excluding tert-OH is 1. The molecule has 2 N–H and O–H groups in total. The van der Waals surface area contributed by atoms with E-state index < -0.39 is 0 Å². The molecular formula is C12H17N5O2. The van der Waals surface area contributed by atoms with Crippen molar-refractivity contribution in [1.29, 1.82) is 0 Å². The van der Waals surface area contributed by atoms with Gasteiger partial charge in [-0.05, 0) is 26.3 Å². The van der Waals surface area contributed by atoms with Gasteiger partial charge in [0.15, 0.2) is 5.82 Å². The molecule has 19 heavy (non-hydrogen) atoms. The minimum absolute atomic E-state index is 0.0648. The highest BCUT2D eigenvalue weighted by atomic mass is 16.3. The number of fused-ring (bicyclic) bond motifs is 1. The maximum Gasteiger partial charge on any atom is 0.252 e. The number of hydrogen-bond donors (Lipinski definition) is 2. The second kappa shape index (κ2) is 5.75.